The third-order valence-electron chi connectivity index (χ3n) is 7.45. The van der Waals surface area contributed by atoms with Gasteiger partial charge in [-0.3, -0.25) is 9.69 Å². The van der Waals surface area contributed by atoms with Crippen molar-refractivity contribution < 1.29 is 19.0 Å². The maximum atomic E-state index is 14.2. The third kappa shape index (κ3) is 4.26. The zero-order valence-electron chi connectivity index (χ0n) is 19.2. The van der Waals surface area contributed by atoms with Crippen molar-refractivity contribution in [2.75, 3.05) is 13.1 Å². The summed E-state index contributed by atoms with van der Waals surface area (Å²) in [5.74, 6) is -0.388. The highest BCUT2D eigenvalue weighted by molar-refractivity contribution is 6.30. The maximum absolute atomic E-state index is 14.2. The minimum Gasteiger partial charge on any atom is -0.489 e. The monoisotopic (exact) mass is 499 g/mol. The third-order valence-corrected chi connectivity index (χ3v) is 7.65. The number of piperidine rings is 1. The average molecular weight is 500 g/mol. The van der Waals surface area contributed by atoms with Gasteiger partial charge >= 0.3 is 0 Å². The number of amides is 1. The lowest BCUT2D eigenvalue weighted by Gasteiger charge is -2.37. The Balaban J connectivity index is 1.16. The molecule has 4 heterocycles. The first kappa shape index (κ1) is 22.7. The number of likely N-dealkylation sites (tertiary alicyclic amines) is 1. The number of carbonyl (C=O) groups excluding carboxylic acids is 1. The smallest absolute Gasteiger partial charge is 0.258 e. The lowest BCUT2D eigenvalue weighted by Crippen LogP contribution is -2.47. The normalized spacial score (nSPS) is 23.2. The summed E-state index contributed by atoms with van der Waals surface area (Å²) in [5.41, 5.74) is 2.69. The zero-order chi connectivity index (χ0) is 24.1. The van der Waals surface area contributed by atoms with E-state index in [0.29, 0.717) is 29.3 Å². The molecule has 6 rings (SSSR count). The number of halogens is 2. The number of rotatable bonds is 4. The molecule has 1 saturated heterocycles. The molecule has 10 heteroatoms. The largest absolute Gasteiger partial charge is 0.489 e. The van der Waals surface area contributed by atoms with Gasteiger partial charge in [-0.25, -0.2) is 13.9 Å². The fraction of sp³-hybridized carbons (Fsp3) is 0.480. The van der Waals surface area contributed by atoms with Gasteiger partial charge in [0.05, 0.1) is 41.7 Å². The van der Waals surface area contributed by atoms with E-state index in [2.05, 4.69) is 15.0 Å². The number of benzene rings is 1. The molecule has 2 aliphatic heterocycles. The maximum Gasteiger partial charge on any atom is 0.258 e. The van der Waals surface area contributed by atoms with Crippen LogP contribution in [0.2, 0.25) is 5.02 Å². The Hall–Kier alpha value is -2.75. The van der Waals surface area contributed by atoms with E-state index in [9.17, 15) is 14.3 Å². The highest BCUT2D eigenvalue weighted by atomic mass is 35.5. The minimum atomic E-state index is -0.438. The molecule has 184 valence electrons. The summed E-state index contributed by atoms with van der Waals surface area (Å²) in [6, 6.07) is 4.32. The number of fused-ring (bicyclic) bond motifs is 3. The van der Waals surface area contributed by atoms with Gasteiger partial charge in [-0.05, 0) is 44.2 Å². The van der Waals surface area contributed by atoms with Crippen LogP contribution in [-0.2, 0) is 13.1 Å². The molecular weight excluding hydrogens is 473 g/mol. The lowest BCUT2D eigenvalue weighted by atomic mass is 10.0. The van der Waals surface area contributed by atoms with E-state index in [4.69, 9.17) is 16.3 Å². The Morgan fingerprint density at radius 3 is 2.77 bits per heavy atom. The van der Waals surface area contributed by atoms with Gasteiger partial charge in [0.2, 0.25) is 0 Å². The summed E-state index contributed by atoms with van der Waals surface area (Å²) in [4.78, 5) is 21.8. The fourth-order valence-electron chi connectivity index (χ4n) is 5.66. The predicted octanol–water partition coefficient (Wildman–Crippen LogP) is 3.43. The van der Waals surface area contributed by atoms with Crippen LogP contribution >= 0.6 is 11.6 Å². The van der Waals surface area contributed by atoms with Gasteiger partial charge in [-0.15, -0.1) is 0 Å². The number of carbonyl (C=O) groups is 1. The van der Waals surface area contributed by atoms with Crippen LogP contribution in [0.4, 0.5) is 4.39 Å². The summed E-state index contributed by atoms with van der Waals surface area (Å²) in [7, 11) is 0. The van der Waals surface area contributed by atoms with Crippen LogP contribution < -0.4 is 4.74 Å². The first-order valence-electron chi connectivity index (χ1n) is 12.2. The van der Waals surface area contributed by atoms with Crippen LogP contribution in [0.5, 0.6) is 5.75 Å². The molecule has 1 aromatic carbocycles. The number of aliphatic hydroxyl groups is 1. The van der Waals surface area contributed by atoms with Gasteiger partial charge in [0, 0.05) is 37.0 Å². The summed E-state index contributed by atoms with van der Waals surface area (Å²) >= 11 is 6.01. The Morgan fingerprint density at radius 2 is 2.00 bits per heavy atom. The molecular formula is C25H27ClFN5O3. The molecule has 3 aliphatic rings. The van der Waals surface area contributed by atoms with E-state index in [1.54, 1.807) is 21.8 Å². The van der Waals surface area contributed by atoms with E-state index in [0.717, 1.165) is 56.5 Å². The molecule has 1 N–H and O–H groups in total. The fourth-order valence-corrected chi connectivity index (χ4v) is 5.80. The van der Waals surface area contributed by atoms with E-state index < -0.39 is 5.82 Å². The zero-order valence-corrected chi connectivity index (χ0v) is 20.0. The molecule has 2 aromatic heterocycles. The quantitative estimate of drug-likeness (QED) is 0.592. The number of hydrogen-bond acceptors (Lipinski definition) is 6. The molecule has 2 fully saturated rings. The van der Waals surface area contributed by atoms with Crippen molar-refractivity contribution >= 4 is 23.2 Å². The molecule has 0 bridgehead atoms. The lowest BCUT2D eigenvalue weighted by molar-refractivity contribution is 0.0280. The molecule has 8 nitrogen and oxygen atoms in total. The highest BCUT2D eigenvalue weighted by Crippen LogP contribution is 2.32. The second-order valence-electron chi connectivity index (χ2n) is 9.69. The van der Waals surface area contributed by atoms with Crippen LogP contribution in [0.3, 0.4) is 0 Å². The minimum absolute atomic E-state index is 0.105. The summed E-state index contributed by atoms with van der Waals surface area (Å²) in [6.07, 6.45) is 7.40. The molecule has 3 aromatic rings. The predicted molar refractivity (Wildman–Crippen MR) is 127 cm³/mol. The second-order valence-corrected chi connectivity index (χ2v) is 10.1. The van der Waals surface area contributed by atoms with Gasteiger partial charge in [0.25, 0.3) is 5.91 Å². The molecule has 35 heavy (non-hydrogen) atoms. The molecule has 1 aliphatic carbocycles. The first-order valence-corrected chi connectivity index (χ1v) is 12.5. The number of hydrogen-bond donors (Lipinski definition) is 1. The molecule has 0 radical (unpaired) electrons. The van der Waals surface area contributed by atoms with Gasteiger partial charge in [0.15, 0.2) is 5.65 Å². The number of ether oxygens (including phenoxy) is 1. The number of aromatic nitrogens is 3. The molecule has 0 spiro atoms. The van der Waals surface area contributed by atoms with E-state index in [1.165, 1.54) is 18.2 Å². The Labute approximate surface area is 207 Å². The summed E-state index contributed by atoms with van der Waals surface area (Å²) in [5, 5.41) is 15.2. The van der Waals surface area contributed by atoms with E-state index >= 15 is 0 Å². The van der Waals surface area contributed by atoms with Gasteiger partial charge in [0.1, 0.15) is 17.7 Å². The van der Waals surface area contributed by atoms with Crippen molar-refractivity contribution in [3.63, 3.8) is 0 Å². The van der Waals surface area contributed by atoms with Crippen molar-refractivity contribution in [1.82, 2.24) is 24.4 Å². The van der Waals surface area contributed by atoms with Gasteiger partial charge in [-0.2, -0.15) is 5.10 Å². The van der Waals surface area contributed by atoms with Crippen LogP contribution in [0.1, 0.15) is 53.7 Å². The van der Waals surface area contributed by atoms with Gasteiger partial charge in [-0.1, -0.05) is 11.6 Å². The van der Waals surface area contributed by atoms with Crippen LogP contribution in [0.15, 0.2) is 30.6 Å². The summed E-state index contributed by atoms with van der Waals surface area (Å²) in [6.45, 7) is 2.35. The second kappa shape index (κ2) is 9.04. The number of nitrogens with zero attached hydrogens (tertiary/aromatic N) is 5. The highest BCUT2D eigenvalue weighted by Gasteiger charge is 2.35. The van der Waals surface area contributed by atoms with Crippen molar-refractivity contribution in [2.45, 2.75) is 63.4 Å². The van der Waals surface area contributed by atoms with Crippen molar-refractivity contribution in [3.8, 4) is 5.75 Å². The van der Waals surface area contributed by atoms with Crippen LogP contribution in [-0.4, -0.2) is 66.8 Å². The summed E-state index contributed by atoms with van der Waals surface area (Å²) < 4.78 is 22.0. The Bertz CT molecular complexity index is 1280. The Kier molecular flexibility index (Phi) is 5.86. The molecule has 1 amide bonds. The van der Waals surface area contributed by atoms with Crippen molar-refractivity contribution in [1.29, 1.82) is 0 Å². The molecule has 2 atom stereocenters. The van der Waals surface area contributed by atoms with Crippen LogP contribution in [0, 0.1) is 5.82 Å². The van der Waals surface area contributed by atoms with E-state index in [-0.39, 0.29) is 29.9 Å². The topological polar surface area (TPSA) is 83.2 Å². The van der Waals surface area contributed by atoms with Crippen LogP contribution in [0.25, 0.3) is 5.65 Å². The number of aliphatic hydroxyl groups excluding tert-OH is 1. The SMILES string of the molecule is O=C(c1ccc(F)cc1OC1CCN([C@H]2CCC[C@@H]2O)CC1)N1Cc2nn3cc(Cl)cnc3c2C1. The molecule has 1 saturated carbocycles. The first-order chi connectivity index (χ1) is 17.0. The molecule has 0 unspecified atom stereocenters. The van der Waals surface area contributed by atoms with Gasteiger partial charge < -0.3 is 14.7 Å². The van der Waals surface area contributed by atoms with Crippen molar-refractivity contribution in [3.05, 3.63) is 58.3 Å². The standard InChI is InChI=1S/C25H27ClFN5O3/c26-15-11-28-24-19-13-31(14-20(19)29-32(24)12-15)25(34)18-5-4-16(27)10-23(18)35-17-6-8-30(9-7-17)21-2-1-3-22(21)33/h4-5,10-12,17,21-22,33H,1-3,6-9,13-14H2/t21-,22-/m0/s1. The Morgan fingerprint density at radius 1 is 1.17 bits per heavy atom. The van der Waals surface area contributed by atoms with Crippen molar-refractivity contribution in [2.24, 2.45) is 0 Å². The average Bonchev–Trinajstić information content (AvgIpc) is 3.53. The van der Waals surface area contributed by atoms with E-state index in [1.807, 2.05) is 0 Å².